The SMILES string of the molecule is Cc1cc([N+](=O)[O-])c(F)cc1C#CCCNC(=O)OCc1ccccc1. The Morgan fingerprint density at radius 3 is 2.73 bits per heavy atom. The molecule has 7 heteroatoms. The quantitative estimate of drug-likeness (QED) is 0.383. The Morgan fingerprint density at radius 1 is 1.31 bits per heavy atom. The first-order valence-electron chi connectivity index (χ1n) is 7.85. The van der Waals surface area contributed by atoms with Crippen molar-refractivity contribution in [3.8, 4) is 11.8 Å². The lowest BCUT2D eigenvalue weighted by atomic mass is 10.1. The number of nitrogens with zero attached hydrogens (tertiary/aromatic N) is 1. The van der Waals surface area contributed by atoms with Crippen molar-refractivity contribution < 1.29 is 18.8 Å². The van der Waals surface area contributed by atoms with Crippen LogP contribution in [-0.4, -0.2) is 17.6 Å². The van der Waals surface area contributed by atoms with Crippen LogP contribution < -0.4 is 5.32 Å². The lowest BCUT2D eigenvalue weighted by molar-refractivity contribution is -0.387. The van der Waals surface area contributed by atoms with Crippen LogP contribution >= 0.6 is 0 Å². The molecular formula is C19H17FN2O4. The van der Waals surface area contributed by atoms with Gasteiger partial charge in [-0.2, -0.15) is 4.39 Å². The van der Waals surface area contributed by atoms with Crippen molar-refractivity contribution in [2.24, 2.45) is 0 Å². The zero-order chi connectivity index (χ0) is 18.9. The van der Waals surface area contributed by atoms with Gasteiger partial charge in [-0.3, -0.25) is 10.1 Å². The first kappa shape index (κ1) is 18.9. The fraction of sp³-hybridized carbons (Fsp3) is 0.211. The Hall–Kier alpha value is -3.40. The maximum Gasteiger partial charge on any atom is 0.407 e. The largest absolute Gasteiger partial charge is 0.445 e. The molecule has 0 radical (unpaired) electrons. The third kappa shape index (κ3) is 5.60. The molecule has 134 valence electrons. The number of carbonyl (C=O) groups is 1. The van der Waals surface area contributed by atoms with E-state index in [4.69, 9.17) is 4.74 Å². The van der Waals surface area contributed by atoms with Gasteiger partial charge in [-0.1, -0.05) is 42.2 Å². The van der Waals surface area contributed by atoms with E-state index in [1.54, 1.807) is 6.92 Å². The van der Waals surface area contributed by atoms with E-state index in [1.807, 2.05) is 30.3 Å². The van der Waals surface area contributed by atoms with E-state index in [-0.39, 0.29) is 13.2 Å². The van der Waals surface area contributed by atoms with Gasteiger partial charge in [0.1, 0.15) is 6.61 Å². The highest BCUT2D eigenvalue weighted by Crippen LogP contribution is 2.21. The molecule has 1 amide bonds. The topological polar surface area (TPSA) is 81.5 Å². The Balaban J connectivity index is 1.79. The minimum atomic E-state index is -0.924. The van der Waals surface area contributed by atoms with Crippen molar-refractivity contribution >= 4 is 11.8 Å². The Bertz CT molecular complexity index is 857. The monoisotopic (exact) mass is 356 g/mol. The first-order valence-corrected chi connectivity index (χ1v) is 7.85. The number of halogens is 1. The molecule has 0 saturated heterocycles. The van der Waals surface area contributed by atoms with Gasteiger partial charge in [0.05, 0.1) is 4.92 Å². The van der Waals surface area contributed by atoms with Crippen molar-refractivity contribution in [3.63, 3.8) is 0 Å². The molecule has 26 heavy (non-hydrogen) atoms. The maximum atomic E-state index is 13.6. The smallest absolute Gasteiger partial charge is 0.407 e. The Labute approximate surface area is 150 Å². The second-order valence-corrected chi connectivity index (χ2v) is 5.42. The van der Waals surface area contributed by atoms with Gasteiger partial charge in [0.15, 0.2) is 0 Å². The first-order chi connectivity index (χ1) is 12.5. The molecule has 2 rings (SSSR count). The normalized spacial score (nSPS) is 9.77. The van der Waals surface area contributed by atoms with Gasteiger partial charge in [0.2, 0.25) is 5.82 Å². The van der Waals surface area contributed by atoms with Crippen LogP contribution in [0.4, 0.5) is 14.9 Å². The van der Waals surface area contributed by atoms with Crippen molar-refractivity contribution in [1.29, 1.82) is 0 Å². The standard InChI is InChI=1S/C19H17FN2O4/c1-14-11-18(22(24)25)17(20)12-16(14)9-5-6-10-21-19(23)26-13-15-7-3-2-4-8-15/h2-4,7-8,11-12H,6,10,13H2,1H3,(H,21,23). The molecule has 2 aromatic carbocycles. The van der Waals surface area contributed by atoms with E-state index in [9.17, 15) is 19.3 Å². The van der Waals surface area contributed by atoms with E-state index in [0.717, 1.165) is 17.7 Å². The van der Waals surface area contributed by atoms with Crippen LogP contribution in [0.2, 0.25) is 0 Å². The second kappa shape index (κ2) is 9.18. The van der Waals surface area contributed by atoms with Gasteiger partial charge >= 0.3 is 11.8 Å². The zero-order valence-electron chi connectivity index (χ0n) is 14.1. The summed E-state index contributed by atoms with van der Waals surface area (Å²) in [5, 5.41) is 13.2. The fourth-order valence-corrected chi connectivity index (χ4v) is 2.10. The average Bonchev–Trinajstić information content (AvgIpc) is 2.62. The summed E-state index contributed by atoms with van der Waals surface area (Å²) < 4.78 is 18.7. The number of nitro benzene ring substituents is 1. The van der Waals surface area contributed by atoms with Crippen LogP contribution in [0.3, 0.4) is 0 Å². The minimum Gasteiger partial charge on any atom is -0.445 e. The number of benzene rings is 2. The number of ether oxygens (including phenoxy) is 1. The summed E-state index contributed by atoms with van der Waals surface area (Å²) in [6.45, 7) is 2.07. The zero-order valence-corrected chi connectivity index (χ0v) is 14.1. The van der Waals surface area contributed by atoms with Gasteiger partial charge in [-0.15, -0.1) is 0 Å². The van der Waals surface area contributed by atoms with Crippen LogP contribution in [0.5, 0.6) is 0 Å². The summed E-state index contributed by atoms with van der Waals surface area (Å²) in [5.74, 6) is 4.61. The van der Waals surface area contributed by atoms with Gasteiger partial charge in [-0.25, -0.2) is 4.79 Å². The molecule has 0 bridgehead atoms. The molecule has 0 saturated carbocycles. The van der Waals surface area contributed by atoms with Gasteiger partial charge in [0, 0.05) is 24.6 Å². The number of nitro groups is 1. The Morgan fingerprint density at radius 2 is 2.04 bits per heavy atom. The Kier molecular flexibility index (Phi) is 6.68. The average molecular weight is 356 g/mol. The summed E-state index contributed by atoms with van der Waals surface area (Å²) in [6, 6.07) is 11.5. The summed E-state index contributed by atoms with van der Waals surface area (Å²) in [5.41, 5.74) is 1.20. The highest BCUT2D eigenvalue weighted by molar-refractivity contribution is 5.67. The van der Waals surface area contributed by atoms with E-state index >= 15 is 0 Å². The fourth-order valence-electron chi connectivity index (χ4n) is 2.10. The van der Waals surface area contributed by atoms with Gasteiger partial charge in [0.25, 0.3) is 0 Å². The molecule has 0 unspecified atom stereocenters. The molecule has 1 N–H and O–H groups in total. The van der Waals surface area contributed by atoms with Gasteiger partial charge in [-0.05, 0) is 24.1 Å². The molecule has 2 aromatic rings. The highest BCUT2D eigenvalue weighted by Gasteiger charge is 2.15. The highest BCUT2D eigenvalue weighted by atomic mass is 19.1. The minimum absolute atomic E-state index is 0.180. The van der Waals surface area contributed by atoms with Crippen LogP contribution in [0.25, 0.3) is 0 Å². The molecule has 0 heterocycles. The molecule has 0 aliphatic carbocycles. The van der Waals surface area contributed by atoms with E-state index in [0.29, 0.717) is 17.5 Å². The van der Waals surface area contributed by atoms with E-state index in [1.165, 1.54) is 0 Å². The predicted octanol–water partition coefficient (Wildman–Crippen LogP) is 3.71. The molecule has 0 spiro atoms. The van der Waals surface area contributed by atoms with Crippen LogP contribution in [0.1, 0.15) is 23.1 Å². The third-order valence-electron chi connectivity index (χ3n) is 3.45. The summed E-state index contributed by atoms with van der Waals surface area (Å²) >= 11 is 0. The molecule has 0 aliphatic heterocycles. The molecule has 0 fully saturated rings. The van der Waals surface area contributed by atoms with Crippen molar-refractivity contribution in [2.75, 3.05) is 6.54 Å². The number of carbonyl (C=O) groups excluding carboxylic acids is 1. The molecule has 0 aliphatic rings. The number of rotatable bonds is 5. The maximum absolute atomic E-state index is 13.6. The molecule has 0 atom stereocenters. The molecular weight excluding hydrogens is 339 g/mol. The number of amides is 1. The number of alkyl carbamates (subject to hydrolysis) is 1. The van der Waals surface area contributed by atoms with Gasteiger partial charge < -0.3 is 10.1 Å². The van der Waals surface area contributed by atoms with Crippen molar-refractivity contribution in [2.45, 2.75) is 20.0 Å². The van der Waals surface area contributed by atoms with Crippen LogP contribution in [-0.2, 0) is 11.3 Å². The number of hydrogen-bond acceptors (Lipinski definition) is 4. The van der Waals surface area contributed by atoms with Crippen molar-refractivity contribution in [1.82, 2.24) is 5.32 Å². The summed E-state index contributed by atoms with van der Waals surface area (Å²) in [7, 11) is 0. The van der Waals surface area contributed by atoms with Crippen LogP contribution in [0, 0.1) is 34.7 Å². The van der Waals surface area contributed by atoms with Crippen molar-refractivity contribution in [3.05, 3.63) is 75.1 Å². The predicted molar refractivity (Wildman–Crippen MR) is 93.9 cm³/mol. The van der Waals surface area contributed by atoms with Crippen LogP contribution in [0.15, 0.2) is 42.5 Å². The number of aryl methyl sites for hydroxylation is 1. The molecule has 6 nitrogen and oxygen atoms in total. The number of nitrogens with one attached hydrogen (secondary N) is 1. The van der Waals surface area contributed by atoms with E-state index < -0.39 is 22.5 Å². The molecule has 0 aromatic heterocycles. The third-order valence-corrected chi connectivity index (χ3v) is 3.45. The van der Waals surface area contributed by atoms with E-state index in [2.05, 4.69) is 17.2 Å². The lowest BCUT2D eigenvalue weighted by Gasteiger charge is -2.05. The lowest BCUT2D eigenvalue weighted by Crippen LogP contribution is -2.24. The second-order valence-electron chi connectivity index (χ2n) is 5.42. The summed E-state index contributed by atoms with van der Waals surface area (Å²) in [6.07, 6.45) is -0.216. The summed E-state index contributed by atoms with van der Waals surface area (Å²) in [4.78, 5) is 21.5. The number of hydrogen-bond donors (Lipinski definition) is 1.